The minimum Gasteiger partial charge on any atom is -0.454 e. The molecule has 0 saturated carbocycles. The Kier molecular flexibility index (Phi) is 6.11. The van der Waals surface area contributed by atoms with Gasteiger partial charge in [0.2, 0.25) is 12.7 Å². The maximum atomic E-state index is 13.5. The van der Waals surface area contributed by atoms with Gasteiger partial charge < -0.3 is 19.3 Å². The smallest absolute Gasteiger partial charge is 0.253 e. The average Bonchev–Trinajstić information content (AvgIpc) is 3.21. The van der Waals surface area contributed by atoms with Crippen LogP contribution in [0.2, 0.25) is 5.02 Å². The summed E-state index contributed by atoms with van der Waals surface area (Å²) in [6.07, 6.45) is 0.231. The molecule has 0 unspecified atom stereocenters. The second kappa shape index (κ2) is 9.35. The Morgan fingerprint density at radius 2 is 1.71 bits per heavy atom. The van der Waals surface area contributed by atoms with Crippen LogP contribution >= 0.6 is 11.6 Å². The number of hydrogen-bond acceptors (Lipinski definition) is 4. The fourth-order valence-corrected chi connectivity index (χ4v) is 4.39. The first kappa shape index (κ1) is 22.2. The van der Waals surface area contributed by atoms with Crippen LogP contribution in [0.15, 0.2) is 60.7 Å². The summed E-state index contributed by atoms with van der Waals surface area (Å²) in [5.74, 6) is 0.724. The molecule has 8 heteroatoms. The van der Waals surface area contributed by atoms with Gasteiger partial charge in [-0.25, -0.2) is 4.39 Å². The van der Waals surface area contributed by atoms with E-state index in [9.17, 15) is 14.0 Å². The van der Waals surface area contributed by atoms with Gasteiger partial charge in [-0.2, -0.15) is 0 Å². The van der Waals surface area contributed by atoms with Gasteiger partial charge in [0, 0.05) is 49.3 Å². The highest BCUT2D eigenvalue weighted by molar-refractivity contribution is 6.31. The Morgan fingerprint density at radius 3 is 2.47 bits per heavy atom. The first-order valence-electron chi connectivity index (χ1n) is 11.0. The van der Waals surface area contributed by atoms with Crippen molar-refractivity contribution < 1.29 is 23.5 Å². The molecule has 0 radical (unpaired) electrons. The normalized spacial score (nSPS) is 15.4. The van der Waals surface area contributed by atoms with Gasteiger partial charge in [0.15, 0.2) is 11.5 Å². The largest absolute Gasteiger partial charge is 0.454 e. The summed E-state index contributed by atoms with van der Waals surface area (Å²) in [6.45, 7) is 1.64. The Hall–Kier alpha value is -3.58. The van der Waals surface area contributed by atoms with E-state index in [1.807, 2.05) is 6.07 Å². The average molecular weight is 481 g/mol. The molecule has 1 saturated heterocycles. The molecular formula is C26H22ClFN2O4. The fraction of sp³-hybridized carbons (Fsp3) is 0.231. The van der Waals surface area contributed by atoms with Crippen molar-refractivity contribution >= 4 is 23.4 Å². The number of nitrogens with zero attached hydrogens (tertiary/aromatic N) is 2. The van der Waals surface area contributed by atoms with Crippen molar-refractivity contribution in [1.82, 2.24) is 9.80 Å². The number of carbonyl (C=O) groups excluding carboxylic acids is 2. The quantitative estimate of drug-likeness (QED) is 0.540. The molecule has 2 aliphatic heterocycles. The van der Waals surface area contributed by atoms with Crippen LogP contribution in [0.5, 0.6) is 11.5 Å². The van der Waals surface area contributed by atoms with Gasteiger partial charge in [0.25, 0.3) is 5.91 Å². The van der Waals surface area contributed by atoms with Crippen molar-refractivity contribution in [1.29, 1.82) is 0 Å². The van der Waals surface area contributed by atoms with E-state index in [1.54, 1.807) is 52.3 Å². The molecule has 0 N–H and O–H groups in total. The highest BCUT2D eigenvalue weighted by Gasteiger charge is 2.26. The lowest BCUT2D eigenvalue weighted by molar-refractivity contribution is -0.130. The van der Waals surface area contributed by atoms with Crippen LogP contribution in [-0.4, -0.2) is 48.0 Å². The summed E-state index contributed by atoms with van der Waals surface area (Å²) in [4.78, 5) is 29.3. The van der Waals surface area contributed by atoms with E-state index >= 15 is 0 Å². The molecule has 1 fully saturated rings. The highest BCUT2D eigenvalue weighted by atomic mass is 35.5. The van der Waals surface area contributed by atoms with Crippen LogP contribution in [0.25, 0.3) is 11.1 Å². The van der Waals surface area contributed by atoms with E-state index in [1.165, 1.54) is 12.1 Å². The Labute approximate surface area is 201 Å². The molecule has 0 aliphatic carbocycles. The number of carbonyl (C=O) groups is 2. The monoisotopic (exact) mass is 480 g/mol. The lowest BCUT2D eigenvalue weighted by atomic mass is 10.0. The SMILES string of the molecule is O=C1CCN(C(=O)c2ccc(-c3cccc(F)c3)cc2)CCN1Cc1cc2c(cc1Cl)OCO2. The van der Waals surface area contributed by atoms with E-state index in [0.29, 0.717) is 48.3 Å². The van der Waals surface area contributed by atoms with Crippen LogP contribution < -0.4 is 9.47 Å². The van der Waals surface area contributed by atoms with E-state index in [0.717, 1.165) is 16.7 Å². The minimum absolute atomic E-state index is 0.0366. The summed E-state index contributed by atoms with van der Waals surface area (Å²) in [6, 6.07) is 16.9. The first-order chi connectivity index (χ1) is 16.5. The molecule has 0 bridgehead atoms. The third-order valence-corrected chi connectivity index (χ3v) is 6.42. The molecule has 3 aromatic rings. The van der Waals surface area contributed by atoms with Crippen LogP contribution in [-0.2, 0) is 11.3 Å². The van der Waals surface area contributed by atoms with Crippen molar-refractivity contribution in [2.75, 3.05) is 26.4 Å². The molecule has 0 atom stereocenters. The molecule has 2 amide bonds. The molecule has 5 rings (SSSR count). The number of rotatable bonds is 4. The van der Waals surface area contributed by atoms with Crippen molar-refractivity contribution in [3.05, 3.63) is 82.6 Å². The standard InChI is InChI=1S/C26H22ClFN2O4/c27-22-14-24-23(33-16-34-24)13-20(22)15-30-11-10-29(9-8-25(30)31)26(32)18-6-4-17(5-7-18)19-2-1-3-21(28)12-19/h1-7,12-14H,8-11,15-16H2. The van der Waals surface area contributed by atoms with Gasteiger partial charge in [0.05, 0.1) is 0 Å². The number of fused-ring (bicyclic) bond motifs is 1. The summed E-state index contributed by atoms with van der Waals surface area (Å²) < 4.78 is 24.3. The predicted octanol–water partition coefficient (Wildman–Crippen LogP) is 4.75. The maximum Gasteiger partial charge on any atom is 0.253 e. The molecule has 2 aliphatic rings. The van der Waals surface area contributed by atoms with Crippen LogP contribution in [0.4, 0.5) is 4.39 Å². The number of amides is 2. The van der Waals surface area contributed by atoms with Gasteiger partial charge in [-0.05, 0) is 47.0 Å². The minimum atomic E-state index is -0.307. The molecule has 174 valence electrons. The summed E-state index contributed by atoms with van der Waals surface area (Å²) in [5.41, 5.74) is 2.87. The van der Waals surface area contributed by atoms with Crippen LogP contribution in [0.3, 0.4) is 0 Å². The second-order valence-electron chi connectivity index (χ2n) is 8.24. The second-order valence-corrected chi connectivity index (χ2v) is 8.65. The molecule has 3 aromatic carbocycles. The third kappa shape index (κ3) is 4.56. The van der Waals surface area contributed by atoms with Crippen molar-refractivity contribution in [3.8, 4) is 22.6 Å². The number of halogens is 2. The molecule has 34 heavy (non-hydrogen) atoms. The Bertz CT molecular complexity index is 1250. The van der Waals surface area contributed by atoms with Gasteiger partial charge in [-0.1, -0.05) is 35.9 Å². The zero-order chi connectivity index (χ0) is 23.7. The van der Waals surface area contributed by atoms with Crippen molar-refractivity contribution in [2.45, 2.75) is 13.0 Å². The van der Waals surface area contributed by atoms with Gasteiger partial charge in [-0.15, -0.1) is 0 Å². The summed E-state index contributed by atoms with van der Waals surface area (Å²) in [7, 11) is 0. The van der Waals surface area contributed by atoms with Gasteiger partial charge in [-0.3, -0.25) is 9.59 Å². The molecule has 0 spiro atoms. The van der Waals surface area contributed by atoms with E-state index in [-0.39, 0.29) is 30.8 Å². The van der Waals surface area contributed by atoms with E-state index < -0.39 is 0 Å². The van der Waals surface area contributed by atoms with Crippen molar-refractivity contribution in [2.24, 2.45) is 0 Å². The first-order valence-corrected chi connectivity index (χ1v) is 11.4. The Morgan fingerprint density at radius 1 is 0.941 bits per heavy atom. The van der Waals surface area contributed by atoms with E-state index in [4.69, 9.17) is 21.1 Å². The topological polar surface area (TPSA) is 59.1 Å². The zero-order valence-corrected chi connectivity index (χ0v) is 19.1. The molecule has 6 nitrogen and oxygen atoms in total. The molecule has 0 aromatic heterocycles. The number of ether oxygens (including phenoxy) is 2. The maximum absolute atomic E-state index is 13.5. The van der Waals surface area contributed by atoms with Gasteiger partial charge in [0.1, 0.15) is 5.82 Å². The lowest BCUT2D eigenvalue weighted by Gasteiger charge is -2.23. The summed E-state index contributed by atoms with van der Waals surface area (Å²) in [5, 5.41) is 0.507. The molecule has 2 heterocycles. The van der Waals surface area contributed by atoms with Crippen LogP contribution in [0.1, 0.15) is 22.3 Å². The predicted molar refractivity (Wildman–Crippen MR) is 125 cm³/mol. The number of benzene rings is 3. The van der Waals surface area contributed by atoms with E-state index in [2.05, 4.69) is 0 Å². The zero-order valence-electron chi connectivity index (χ0n) is 18.3. The number of hydrogen-bond donors (Lipinski definition) is 0. The highest BCUT2D eigenvalue weighted by Crippen LogP contribution is 2.37. The van der Waals surface area contributed by atoms with Crippen LogP contribution in [0, 0.1) is 5.82 Å². The van der Waals surface area contributed by atoms with Gasteiger partial charge >= 0.3 is 0 Å². The van der Waals surface area contributed by atoms with Crippen molar-refractivity contribution in [3.63, 3.8) is 0 Å². The lowest BCUT2D eigenvalue weighted by Crippen LogP contribution is -2.35. The Balaban J connectivity index is 1.26. The fourth-order valence-electron chi connectivity index (χ4n) is 4.18. The molecular weight excluding hydrogens is 459 g/mol. The third-order valence-electron chi connectivity index (χ3n) is 6.07. The summed E-state index contributed by atoms with van der Waals surface area (Å²) >= 11 is 6.38.